The zero-order valence-corrected chi connectivity index (χ0v) is 11.6. The number of carbonyl (C=O) groups is 1. The van der Waals surface area contributed by atoms with E-state index in [0.717, 1.165) is 23.4 Å². The van der Waals surface area contributed by atoms with E-state index in [1.165, 1.54) is 11.1 Å². The fourth-order valence-electron chi connectivity index (χ4n) is 2.71. The van der Waals surface area contributed by atoms with Gasteiger partial charge in [-0.05, 0) is 48.2 Å². The molecule has 3 nitrogen and oxygen atoms in total. The summed E-state index contributed by atoms with van der Waals surface area (Å²) in [6.45, 7) is 2.70. The molecule has 0 aromatic heterocycles. The highest BCUT2D eigenvalue weighted by molar-refractivity contribution is 5.96. The van der Waals surface area contributed by atoms with E-state index in [0.29, 0.717) is 13.0 Å². The van der Waals surface area contributed by atoms with Crippen LogP contribution in [0.2, 0.25) is 0 Å². The second-order valence-corrected chi connectivity index (χ2v) is 5.29. The SMILES string of the molecule is Cc1ccccc1CN1C(=O)CCc2cc(N)ccc21. The van der Waals surface area contributed by atoms with E-state index >= 15 is 0 Å². The Labute approximate surface area is 119 Å². The van der Waals surface area contributed by atoms with E-state index in [1.54, 1.807) is 0 Å². The minimum absolute atomic E-state index is 0.186. The molecule has 1 heterocycles. The van der Waals surface area contributed by atoms with Crippen LogP contribution in [0.1, 0.15) is 23.1 Å². The van der Waals surface area contributed by atoms with E-state index in [9.17, 15) is 4.79 Å². The molecule has 0 atom stereocenters. The molecule has 2 N–H and O–H groups in total. The molecule has 1 aliphatic heterocycles. The molecule has 0 aliphatic carbocycles. The van der Waals surface area contributed by atoms with Crippen molar-refractivity contribution in [3.05, 3.63) is 59.2 Å². The number of carbonyl (C=O) groups excluding carboxylic acids is 1. The number of hydrogen-bond donors (Lipinski definition) is 1. The van der Waals surface area contributed by atoms with Crippen molar-refractivity contribution in [2.45, 2.75) is 26.3 Å². The summed E-state index contributed by atoms with van der Waals surface area (Å²) in [4.78, 5) is 14.1. The molecule has 0 radical (unpaired) electrons. The molecule has 102 valence electrons. The van der Waals surface area contributed by atoms with Gasteiger partial charge in [-0.15, -0.1) is 0 Å². The average Bonchev–Trinajstić information content (AvgIpc) is 2.44. The maximum atomic E-state index is 12.3. The number of anilines is 2. The maximum absolute atomic E-state index is 12.3. The number of aryl methyl sites for hydroxylation is 2. The molecular formula is C17H18N2O. The fraction of sp³-hybridized carbons (Fsp3) is 0.235. The first-order valence-electron chi connectivity index (χ1n) is 6.88. The summed E-state index contributed by atoms with van der Waals surface area (Å²) in [5.41, 5.74) is 11.2. The van der Waals surface area contributed by atoms with E-state index in [4.69, 9.17) is 5.73 Å². The quantitative estimate of drug-likeness (QED) is 0.849. The van der Waals surface area contributed by atoms with E-state index in [1.807, 2.05) is 35.2 Å². The van der Waals surface area contributed by atoms with Gasteiger partial charge in [-0.1, -0.05) is 24.3 Å². The van der Waals surface area contributed by atoms with Crippen molar-refractivity contribution in [2.24, 2.45) is 0 Å². The first-order chi connectivity index (χ1) is 9.65. The predicted octanol–water partition coefficient (Wildman–Crippen LogP) is 3.06. The molecule has 0 bridgehead atoms. The average molecular weight is 266 g/mol. The number of amides is 1. The summed E-state index contributed by atoms with van der Waals surface area (Å²) < 4.78 is 0. The molecule has 1 amide bonds. The molecule has 3 rings (SSSR count). The Bertz CT molecular complexity index is 664. The summed E-state index contributed by atoms with van der Waals surface area (Å²) in [5, 5.41) is 0. The van der Waals surface area contributed by atoms with Gasteiger partial charge >= 0.3 is 0 Å². The number of benzene rings is 2. The minimum Gasteiger partial charge on any atom is -0.399 e. The molecule has 0 fully saturated rings. The fourth-order valence-corrected chi connectivity index (χ4v) is 2.71. The van der Waals surface area contributed by atoms with Gasteiger partial charge in [-0.3, -0.25) is 4.79 Å². The van der Waals surface area contributed by atoms with Crippen LogP contribution in [0.15, 0.2) is 42.5 Å². The number of hydrogen-bond acceptors (Lipinski definition) is 2. The zero-order chi connectivity index (χ0) is 14.1. The van der Waals surface area contributed by atoms with E-state index < -0.39 is 0 Å². The Kier molecular flexibility index (Phi) is 3.18. The highest BCUT2D eigenvalue weighted by atomic mass is 16.2. The van der Waals surface area contributed by atoms with E-state index in [2.05, 4.69) is 19.1 Å². The predicted molar refractivity (Wildman–Crippen MR) is 81.5 cm³/mol. The lowest BCUT2D eigenvalue weighted by molar-refractivity contribution is -0.119. The van der Waals surface area contributed by atoms with E-state index in [-0.39, 0.29) is 5.91 Å². The highest BCUT2D eigenvalue weighted by Gasteiger charge is 2.24. The van der Waals surface area contributed by atoms with Crippen LogP contribution in [0.25, 0.3) is 0 Å². The Morgan fingerprint density at radius 2 is 1.95 bits per heavy atom. The van der Waals surface area contributed by atoms with Crippen molar-refractivity contribution in [3.63, 3.8) is 0 Å². The van der Waals surface area contributed by atoms with Crippen LogP contribution in [0.4, 0.5) is 11.4 Å². The standard InChI is InChI=1S/C17H18N2O/c1-12-4-2-3-5-14(12)11-19-16-8-7-15(18)10-13(16)6-9-17(19)20/h2-5,7-8,10H,6,9,11,18H2,1H3. The van der Waals surface area contributed by atoms with Crippen molar-refractivity contribution in [3.8, 4) is 0 Å². The largest absolute Gasteiger partial charge is 0.399 e. The van der Waals surface area contributed by atoms with Crippen molar-refractivity contribution in [1.29, 1.82) is 0 Å². The van der Waals surface area contributed by atoms with Crippen molar-refractivity contribution in [2.75, 3.05) is 10.6 Å². The van der Waals surface area contributed by atoms with Crippen molar-refractivity contribution >= 4 is 17.3 Å². The first-order valence-corrected chi connectivity index (χ1v) is 6.88. The van der Waals surface area contributed by atoms with Gasteiger partial charge in [0.2, 0.25) is 5.91 Å². The highest BCUT2D eigenvalue weighted by Crippen LogP contribution is 2.31. The number of rotatable bonds is 2. The van der Waals surface area contributed by atoms with Gasteiger partial charge in [0.15, 0.2) is 0 Å². The summed E-state index contributed by atoms with van der Waals surface area (Å²) in [6.07, 6.45) is 1.34. The Morgan fingerprint density at radius 3 is 2.75 bits per heavy atom. The topological polar surface area (TPSA) is 46.3 Å². The third kappa shape index (κ3) is 2.27. The number of fused-ring (bicyclic) bond motifs is 1. The molecule has 0 saturated heterocycles. The molecule has 0 saturated carbocycles. The monoisotopic (exact) mass is 266 g/mol. The van der Waals surface area contributed by atoms with Crippen LogP contribution in [0.5, 0.6) is 0 Å². The first kappa shape index (κ1) is 12.7. The molecule has 3 heteroatoms. The molecule has 2 aromatic rings. The molecule has 20 heavy (non-hydrogen) atoms. The van der Waals surface area contributed by atoms with Gasteiger partial charge in [-0.2, -0.15) is 0 Å². The number of nitrogen functional groups attached to an aromatic ring is 1. The lowest BCUT2D eigenvalue weighted by Gasteiger charge is -2.30. The second kappa shape index (κ2) is 5.00. The third-order valence-electron chi connectivity index (χ3n) is 3.89. The Hall–Kier alpha value is -2.29. The Morgan fingerprint density at radius 1 is 1.15 bits per heavy atom. The lowest BCUT2D eigenvalue weighted by Crippen LogP contribution is -2.34. The zero-order valence-electron chi connectivity index (χ0n) is 11.6. The Balaban J connectivity index is 1.97. The smallest absolute Gasteiger partial charge is 0.227 e. The lowest BCUT2D eigenvalue weighted by atomic mass is 9.99. The van der Waals surface area contributed by atoms with Gasteiger partial charge in [0, 0.05) is 17.8 Å². The molecule has 0 unspecified atom stereocenters. The van der Waals surface area contributed by atoms with Crippen LogP contribution in [-0.4, -0.2) is 5.91 Å². The minimum atomic E-state index is 0.186. The van der Waals surface area contributed by atoms with Gasteiger partial charge < -0.3 is 10.6 Å². The van der Waals surface area contributed by atoms with Crippen LogP contribution in [0, 0.1) is 6.92 Å². The second-order valence-electron chi connectivity index (χ2n) is 5.29. The molecule has 1 aliphatic rings. The molecular weight excluding hydrogens is 248 g/mol. The summed E-state index contributed by atoms with van der Waals surface area (Å²) in [7, 11) is 0. The summed E-state index contributed by atoms with van der Waals surface area (Å²) >= 11 is 0. The number of nitrogens with zero attached hydrogens (tertiary/aromatic N) is 1. The van der Waals surface area contributed by atoms with Crippen LogP contribution >= 0.6 is 0 Å². The maximum Gasteiger partial charge on any atom is 0.227 e. The van der Waals surface area contributed by atoms with Crippen molar-refractivity contribution < 1.29 is 4.79 Å². The van der Waals surface area contributed by atoms with Crippen LogP contribution < -0.4 is 10.6 Å². The summed E-state index contributed by atoms with van der Waals surface area (Å²) in [6, 6.07) is 14.0. The van der Waals surface area contributed by atoms with Gasteiger partial charge in [0.05, 0.1) is 6.54 Å². The third-order valence-corrected chi connectivity index (χ3v) is 3.89. The van der Waals surface area contributed by atoms with Crippen molar-refractivity contribution in [1.82, 2.24) is 0 Å². The van der Waals surface area contributed by atoms with Crippen LogP contribution in [0.3, 0.4) is 0 Å². The molecule has 0 spiro atoms. The normalized spacial score (nSPS) is 14.2. The number of nitrogens with two attached hydrogens (primary N) is 1. The summed E-state index contributed by atoms with van der Waals surface area (Å²) in [5.74, 6) is 0.186. The molecule has 2 aromatic carbocycles. The van der Waals surface area contributed by atoms with Gasteiger partial charge in [-0.25, -0.2) is 0 Å². The van der Waals surface area contributed by atoms with Crippen LogP contribution in [-0.2, 0) is 17.8 Å². The van der Waals surface area contributed by atoms with Gasteiger partial charge in [0.25, 0.3) is 0 Å². The van der Waals surface area contributed by atoms with Gasteiger partial charge in [0.1, 0.15) is 0 Å².